The number of benzene rings is 1. The first-order chi connectivity index (χ1) is 14.4. The monoisotopic (exact) mass is 407 g/mol. The summed E-state index contributed by atoms with van der Waals surface area (Å²) in [5.74, 6) is 0.0491. The third-order valence-corrected chi connectivity index (χ3v) is 5.42. The average Bonchev–Trinajstić information content (AvgIpc) is 3.00. The van der Waals surface area contributed by atoms with Crippen molar-refractivity contribution >= 4 is 17.6 Å². The molecule has 0 bridgehead atoms. The van der Waals surface area contributed by atoms with Crippen LogP contribution in [0.3, 0.4) is 0 Å². The van der Waals surface area contributed by atoms with E-state index in [0.29, 0.717) is 18.7 Å². The van der Waals surface area contributed by atoms with Gasteiger partial charge >= 0.3 is 6.09 Å². The summed E-state index contributed by atoms with van der Waals surface area (Å²) >= 11 is 0. The van der Waals surface area contributed by atoms with Crippen LogP contribution >= 0.6 is 0 Å². The Morgan fingerprint density at radius 2 is 1.97 bits per heavy atom. The lowest BCUT2D eigenvalue weighted by Gasteiger charge is -2.16. The van der Waals surface area contributed by atoms with Crippen molar-refractivity contribution in [2.75, 3.05) is 25.5 Å². The van der Waals surface area contributed by atoms with E-state index in [1.165, 1.54) is 10.6 Å². The predicted molar refractivity (Wildman–Crippen MR) is 114 cm³/mol. The molecule has 30 heavy (non-hydrogen) atoms. The second kappa shape index (κ2) is 8.18. The number of cyclic esters (lactones) is 1. The van der Waals surface area contributed by atoms with Crippen molar-refractivity contribution in [1.82, 2.24) is 9.47 Å². The largest absolute Gasteiger partial charge is 0.442 e. The topological polar surface area (TPSA) is 71.8 Å². The standard InChI is InChI=1S/C23H25N3O4/c1-24(2)13-17-7-5-6-16-12-18(9-10-20(16)22(17)28)26-15-19(30-23(26)29)14-25-11-4-3-8-21(25)27/h3-4,8-13,19H,5-7,14-15H2,1-2H3/b17-13-/t19-/m0/s1. The molecule has 156 valence electrons. The highest BCUT2D eigenvalue weighted by atomic mass is 16.6. The SMILES string of the molecule is CN(C)/C=C1/CCCc2cc(N3C[C@H](Cn4ccccc4=O)OC3=O)ccc2C1=O. The number of ketones is 1. The van der Waals surface area contributed by atoms with Crippen LogP contribution in [0.25, 0.3) is 0 Å². The Bertz CT molecular complexity index is 1070. The van der Waals surface area contributed by atoms with Crippen LogP contribution in [0.5, 0.6) is 0 Å². The van der Waals surface area contributed by atoms with E-state index in [-0.39, 0.29) is 11.3 Å². The van der Waals surface area contributed by atoms with Gasteiger partial charge in [0.05, 0.1) is 13.1 Å². The predicted octanol–water partition coefficient (Wildman–Crippen LogP) is 2.84. The van der Waals surface area contributed by atoms with E-state index in [1.54, 1.807) is 29.3 Å². The minimum absolute atomic E-state index is 0.0491. The number of pyridine rings is 1. The van der Waals surface area contributed by atoms with Crippen molar-refractivity contribution in [1.29, 1.82) is 0 Å². The number of carbonyl (C=O) groups excluding carboxylic acids is 2. The molecule has 1 fully saturated rings. The van der Waals surface area contributed by atoms with Gasteiger partial charge < -0.3 is 14.2 Å². The number of hydrogen-bond donors (Lipinski definition) is 0. The summed E-state index contributed by atoms with van der Waals surface area (Å²) < 4.78 is 7.02. The number of rotatable bonds is 4. The Balaban J connectivity index is 1.55. The molecule has 1 aromatic carbocycles. The average molecular weight is 407 g/mol. The lowest BCUT2D eigenvalue weighted by atomic mass is 9.99. The summed E-state index contributed by atoms with van der Waals surface area (Å²) in [6.45, 7) is 0.669. The minimum atomic E-state index is -0.433. The maximum Gasteiger partial charge on any atom is 0.414 e. The molecule has 1 aliphatic heterocycles. The number of Topliss-reactive ketones (excluding diaryl/α,β-unsaturated/α-hetero) is 1. The summed E-state index contributed by atoms with van der Waals surface area (Å²) in [4.78, 5) is 40.8. The minimum Gasteiger partial charge on any atom is -0.442 e. The third kappa shape index (κ3) is 4.01. The van der Waals surface area contributed by atoms with Gasteiger partial charge in [0.15, 0.2) is 5.78 Å². The Hall–Kier alpha value is -3.35. The first-order valence-corrected chi connectivity index (χ1v) is 10.1. The maximum atomic E-state index is 12.9. The fraction of sp³-hybridized carbons (Fsp3) is 0.348. The van der Waals surface area contributed by atoms with Crippen LogP contribution in [-0.4, -0.2) is 48.1 Å². The second-order valence-corrected chi connectivity index (χ2v) is 7.95. The Morgan fingerprint density at radius 1 is 1.13 bits per heavy atom. The Labute approximate surface area is 175 Å². The van der Waals surface area contributed by atoms with Gasteiger partial charge in [0.25, 0.3) is 5.56 Å². The molecule has 0 unspecified atom stereocenters. The Kier molecular flexibility index (Phi) is 5.44. The molecule has 0 N–H and O–H groups in total. The van der Waals surface area contributed by atoms with E-state index in [9.17, 15) is 14.4 Å². The van der Waals surface area contributed by atoms with Gasteiger partial charge in [0.2, 0.25) is 0 Å². The second-order valence-electron chi connectivity index (χ2n) is 7.95. The Morgan fingerprint density at radius 3 is 2.73 bits per heavy atom. The lowest BCUT2D eigenvalue weighted by molar-refractivity contribution is 0.103. The van der Waals surface area contributed by atoms with Gasteiger partial charge in [-0.15, -0.1) is 0 Å². The number of amides is 1. The smallest absolute Gasteiger partial charge is 0.414 e. The molecular weight excluding hydrogens is 382 g/mol. The molecule has 0 spiro atoms. The molecule has 0 radical (unpaired) electrons. The first-order valence-electron chi connectivity index (χ1n) is 10.1. The van der Waals surface area contributed by atoms with E-state index in [2.05, 4.69) is 0 Å². The zero-order chi connectivity index (χ0) is 21.3. The number of carbonyl (C=O) groups is 2. The molecular formula is C23H25N3O4. The molecule has 1 aliphatic carbocycles. The zero-order valence-corrected chi connectivity index (χ0v) is 17.2. The summed E-state index contributed by atoms with van der Waals surface area (Å²) in [5, 5.41) is 0. The van der Waals surface area contributed by atoms with Gasteiger partial charge in [0.1, 0.15) is 6.10 Å². The number of allylic oxidation sites excluding steroid dienone is 1. The molecule has 2 heterocycles. The summed E-state index contributed by atoms with van der Waals surface area (Å²) in [6, 6.07) is 10.5. The highest BCUT2D eigenvalue weighted by molar-refractivity contribution is 6.10. The van der Waals surface area contributed by atoms with Crippen molar-refractivity contribution < 1.29 is 14.3 Å². The quantitative estimate of drug-likeness (QED) is 0.576. The number of nitrogens with zero attached hydrogens (tertiary/aromatic N) is 3. The maximum absolute atomic E-state index is 12.9. The van der Waals surface area contributed by atoms with Crippen LogP contribution < -0.4 is 10.5 Å². The molecule has 1 aromatic heterocycles. The molecule has 1 atom stereocenters. The fourth-order valence-electron chi connectivity index (χ4n) is 4.03. The molecule has 7 heteroatoms. The van der Waals surface area contributed by atoms with E-state index >= 15 is 0 Å². The summed E-state index contributed by atoms with van der Waals surface area (Å²) in [7, 11) is 3.82. The summed E-state index contributed by atoms with van der Waals surface area (Å²) in [5.41, 5.74) is 3.05. The normalized spacial score (nSPS) is 20.1. The van der Waals surface area contributed by atoms with Gasteiger partial charge in [-0.3, -0.25) is 14.5 Å². The molecule has 1 amide bonds. The van der Waals surface area contributed by atoms with Crippen molar-refractivity contribution in [3.8, 4) is 0 Å². The molecule has 0 saturated carbocycles. The highest BCUT2D eigenvalue weighted by Crippen LogP contribution is 2.30. The van der Waals surface area contributed by atoms with Gasteiger partial charge in [-0.05, 0) is 49.1 Å². The van der Waals surface area contributed by atoms with Crippen molar-refractivity contribution in [3.05, 3.63) is 75.8 Å². The van der Waals surface area contributed by atoms with Crippen LogP contribution in [0.1, 0.15) is 28.8 Å². The van der Waals surface area contributed by atoms with E-state index in [1.807, 2.05) is 37.3 Å². The molecule has 2 aliphatic rings. The first kappa shape index (κ1) is 19.9. The van der Waals surface area contributed by atoms with Crippen LogP contribution in [0.4, 0.5) is 10.5 Å². The van der Waals surface area contributed by atoms with E-state index in [0.717, 1.165) is 36.1 Å². The van der Waals surface area contributed by atoms with Crippen LogP contribution in [0.15, 0.2) is 59.2 Å². The van der Waals surface area contributed by atoms with E-state index in [4.69, 9.17) is 4.74 Å². The van der Waals surface area contributed by atoms with E-state index < -0.39 is 12.2 Å². The lowest BCUT2D eigenvalue weighted by Crippen LogP contribution is -2.29. The number of fused-ring (bicyclic) bond motifs is 1. The van der Waals surface area contributed by atoms with Gasteiger partial charge in [-0.1, -0.05) is 6.07 Å². The van der Waals surface area contributed by atoms with Crippen LogP contribution in [0.2, 0.25) is 0 Å². The molecule has 1 saturated heterocycles. The van der Waals surface area contributed by atoms with Crippen LogP contribution in [0, 0.1) is 0 Å². The number of aryl methyl sites for hydroxylation is 1. The molecule has 7 nitrogen and oxygen atoms in total. The van der Waals surface area contributed by atoms with Crippen molar-refractivity contribution in [2.24, 2.45) is 0 Å². The fourth-order valence-corrected chi connectivity index (χ4v) is 4.03. The summed E-state index contributed by atoms with van der Waals surface area (Å²) in [6.07, 6.45) is 5.13. The molecule has 4 rings (SSSR count). The van der Waals surface area contributed by atoms with Gasteiger partial charge in [0, 0.05) is 49.4 Å². The van der Waals surface area contributed by atoms with Gasteiger partial charge in [-0.2, -0.15) is 0 Å². The zero-order valence-electron chi connectivity index (χ0n) is 17.2. The van der Waals surface area contributed by atoms with Crippen molar-refractivity contribution in [3.63, 3.8) is 0 Å². The third-order valence-electron chi connectivity index (χ3n) is 5.42. The van der Waals surface area contributed by atoms with Crippen molar-refractivity contribution in [2.45, 2.75) is 31.9 Å². The van der Waals surface area contributed by atoms with Gasteiger partial charge in [-0.25, -0.2) is 4.79 Å². The number of aromatic nitrogens is 1. The number of hydrogen-bond acceptors (Lipinski definition) is 5. The number of ether oxygens (including phenoxy) is 1. The van der Waals surface area contributed by atoms with Crippen LogP contribution in [-0.2, 0) is 17.7 Å². The highest BCUT2D eigenvalue weighted by Gasteiger charge is 2.33. The number of anilines is 1. The molecule has 2 aromatic rings.